The van der Waals surface area contributed by atoms with Gasteiger partial charge in [-0.2, -0.15) is 0 Å². The quantitative estimate of drug-likeness (QED) is 0.199. The van der Waals surface area contributed by atoms with Crippen molar-refractivity contribution in [1.82, 2.24) is 15.2 Å². The van der Waals surface area contributed by atoms with Crippen LogP contribution in [0.5, 0.6) is 0 Å². The number of ether oxygens (including phenoxy) is 2. The molecule has 0 bridgehead atoms. The molecule has 232 valence electrons. The number of rotatable bonds is 9. The maximum atomic E-state index is 13.7. The summed E-state index contributed by atoms with van der Waals surface area (Å²) in [6.07, 6.45) is -2.92. The van der Waals surface area contributed by atoms with E-state index >= 15 is 0 Å². The van der Waals surface area contributed by atoms with Gasteiger partial charge in [0.25, 0.3) is 0 Å². The Morgan fingerprint density at radius 1 is 1.21 bits per heavy atom. The van der Waals surface area contributed by atoms with Gasteiger partial charge in [-0.1, -0.05) is 17.7 Å². The summed E-state index contributed by atoms with van der Waals surface area (Å²) in [7, 11) is 1.24. The molecule has 18 heteroatoms. The Morgan fingerprint density at radius 2 is 1.88 bits per heavy atom. The van der Waals surface area contributed by atoms with Crippen LogP contribution in [-0.2, 0) is 28.7 Å². The second-order valence-corrected chi connectivity index (χ2v) is 10.2. The van der Waals surface area contributed by atoms with Gasteiger partial charge in [-0.3, -0.25) is 9.69 Å². The van der Waals surface area contributed by atoms with Crippen LogP contribution in [-0.4, -0.2) is 117 Å². The summed E-state index contributed by atoms with van der Waals surface area (Å²) in [6.45, 7) is 0.757. The van der Waals surface area contributed by atoms with E-state index in [-0.39, 0.29) is 23.7 Å². The Labute approximate surface area is 251 Å². The molecule has 2 aliphatic heterocycles. The summed E-state index contributed by atoms with van der Waals surface area (Å²) >= 11 is 7.68. The van der Waals surface area contributed by atoms with E-state index in [1.807, 2.05) is 0 Å². The third kappa shape index (κ3) is 8.31. The van der Waals surface area contributed by atoms with Crippen LogP contribution >= 0.6 is 22.9 Å². The third-order valence-electron chi connectivity index (χ3n) is 6.12. The third-order valence-corrected chi connectivity index (χ3v) is 7.23. The van der Waals surface area contributed by atoms with Gasteiger partial charge < -0.3 is 40.3 Å². The molecular formula is C25H26ClFN4O11S. The molecule has 43 heavy (non-hydrogen) atoms. The number of benzene rings is 1. The molecule has 1 fully saturated rings. The topological polar surface area (TPSA) is 228 Å². The fraction of sp³-hybridized carbons (Fsp3) is 0.360. The number of hydrogen-bond acceptors (Lipinski definition) is 13. The van der Waals surface area contributed by atoms with Gasteiger partial charge in [0.05, 0.1) is 37.6 Å². The molecule has 2 aromatic rings. The first-order valence-corrected chi connectivity index (χ1v) is 13.5. The van der Waals surface area contributed by atoms with Crippen molar-refractivity contribution in [3.8, 4) is 0 Å². The molecule has 1 saturated heterocycles. The summed E-state index contributed by atoms with van der Waals surface area (Å²) in [4.78, 5) is 54.8. The Morgan fingerprint density at radius 3 is 2.42 bits per heavy atom. The van der Waals surface area contributed by atoms with Crippen LogP contribution in [0.25, 0.3) is 0 Å². The summed E-state index contributed by atoms with van der Waals surface area (Å²) < 4.78 is 24.1. The van der Waals surface area contributed by atoms with Gasteiger partial charge in [-0.15, -0.1) is 11.3 Å². The molecule has 4 rings (SSSR count). The highest BCUT2D eigenvalue weighted by Gasteiger charge is 2.37. The largest absolute Gasteiger partial charge is 0.480 e. The molecule has 0 amide bonds. The first-order chi connectivity index (χ1) is 20.3. The number of aromatic nitrogens is 1. The summed E-state index contributed by atoms with van der Waals surface area (Å²) in [5.41, 5.74) is 0.906. The summed E-state index contributed by atoms with van der Waals surface area (Å²) in [6, 6.07) is 2.17. The van der Waals surface area contributed by atoms with Crippen LogP contribution in [0.3, 0.4) is 0 Å². The number of carbonyl (C=O) groups is 4. The number of nitrogens with zero attached hydrogens (tertiary/aromatic N) is 3. The standard InChI is InChI=1S/C21H20ClFN4O5S.C4H6O6/c1-31-21(30)16-14(9-27-5-6-32-10-15(27)20(28)29)25-18(19-24-4-7-33-19)26-17(16)12-3-2-11(23)8-13(12)22;5-1(3(7)8)2(6)4(9)10/h2-4,7-8,15,17H,5-6,9-10H2,1H3,(H,25,26)(H,28,29);1-2,5-6H,(H,7,8)(H,9,10)/t15-,17-;/m0./s1. The molecule has 6 N–H and O–H groups in total. The van der Waals surface area contributed by atoms with E-state index in [9.17, 15) is 28.7 Å². The van der Waals surface area contributed by atoms with Crippen LogP contribution < -0.4 is 5.32 Å². The Kier molecular flexibility index (Phi) is 11.6. The minimum Gasteiger partial charge on any atom is -0.480 e. The highest BCUT2D eigenvalue weighted by atomic mass is 35.5. The summed E-state index contributed by atoms with van der Waals surface area (Å²) in [5.74, 6) is -5.37. The van der Waals surface area contributed by atoms with E-state index < -0.39 is 54.0 Å². The molecule has 2 unspecified atom stereocenters. The predicted octanol–water partition coefficient (Wildman–Crippen LogP) is 0.117. The number of morpholine rings is 1. The Balaban J connectivity index is 0.000000436. The minimum atomic E-state index is -2.27. The van der Waals surface area contributed by atoms with E-state index in [0.29, 0.717) is 35.3 Å². The van der Waals surface area contributed by atoms with E-state index in [0.717, 1.165) is 6.07 Å². The van der Waals surface area contributed by atoms with Crippen LogP contribution in [0, 0.1) is 5.82 Å². The zero-order chi connectivity index (χ0) is 31.8. The summed E-state index contributed by atoms with van der Waals surface area (Å²) in [5, 5.41) is 47.8. The number of hydrogen-bond donors (Lipinski definition) is 6. The SMILES string of the molecule is COC(=O)C1=C(CN2CCOC[C@H]2C(=O)O)N=C(c2nccs2)N[C@H]1c1ccc(F)cc1Cl.O=C(O)C(O)C(O)C(=O)O. The molecule has 15 nitrogen and oxygen atoms in total. The Bertz CT molecular complexity index is 1400. The van der Waals surface area contributed by atoms with E-state index in [4.69, 9.17) is 41.5 Å². The monoisotopic (exact) mass is 644 g/mol. The molecule has 0 radical (unpaired) electrons. The fourth-order valence-electron chi connectivity index (χ4n) is 4.01. The zero-order valence-corrected chi connectivity index (χ0v) is 23.8. The number of methoxy groups -OCH3 is 1. The second-order valence-electron chi connectivity index (χ2n) is 8.86. The maximum Gasteiger partial charge on any atom is 0.338 e. The number of carboxylic acid groups (broad SMARTS) is 3. The van der Waals surface area contributed by atoms with Gasteiger partial charge in [-0.05, 0) is 17.7 Å². The number of halogens is 2. The number of aliphatic imine (C=N–C) groups is 1. The van der Waals surface area contributed by atoms with E-state index in [1.54, 1.807) is 16.5 Å². The van der Waals surface area contributed by atoms with Crippen molar-refractivity contribution in [3.05, 3.63) is 62.5 Å². The number of carboxylic acids is 3. The van der Waals surface area contributed by atoms with Crippen LogP contribution in [0.2, 0.25) is 5.02 Å². The van der Waals surface area contributed by atoms with Crippen LogP contribution in [0.4, 0.5) is 4.39 Å². The van der Waals surface area contributed by atoms with Gasteiger partial charge in [0.15, 0.2) is 23.1 Å². The van der Waals surface area contributed by atoms with Crippen LogP contribution in [0.1, 0.15) is 16.6 Å². The number of nitrogens with one attached hydrogen (secondary N) is 1. The first kappa shape index (κ1) is 33.5. The van der Waals surface area contributed by atoms with Crippen molar-refractivity contribution in [3.63, 3.8) is 0 Å². The first-order valence-electron chi connectivity index (χ1n) is 12.2. The molecule has 1 aromatic carbocycles. The van der Waals surface area contributed by atoms with Gasteiger partial charge in [0, 0.05) is 29.7 Å². The zero-order valence-electron chi connectivity index (χ0n) is 22.2. The molecule has 1 aromatic heterocycles. The highest BCUT2D eigenvalue weighted by molar-refractivity contribution is 7.11. The normalized spacial score (nSPS) is 20.1. The van der Waals surface area contributed by atoms with Crippen molar-refractivity contribution >= 4 is 52.7 Å². The lowest BCUT2D eigenvalue weighted by molar-refractivity contribution is -0.165. The number of aliphatic hydroxyl groups is 2. The smallest absolute Gasteiger partial charge is 0.338 e. The van der Waals surface area contributed by atoms with E-state index in [2.05, 4.69) is 15.3 Å². The average Bonchev–Trinajstić information content (AvgIpc) is 3.51. The van der Waals surface area contributed by atoms with E-state index in [1.165, 1.54) is 30.6 Å². The fourth-order valence-corrected chi connectivity index (χ4v) is 4.87. The van der Waals surface area contributed by atoms with Gasteiger partial charge in [0.1, 0.15) is 11.9 Å². The lowest BCUT2D eigenvalue weighted by atomic mass is 9.94. The molecule has 0 saturated carbocycles. The van der Waals surface area contributed by atoms with Crippen molar-refractivity contribution in [1.29, 1.82) is 0 Å². The number of aliphatic carboxylic acids is 3. The molecule has 4 atom stereocenters. The molecular weight excluding hydrogens is 619 g/mol. The minimum absolute atomic E-state index is 0.0185. The second kappa shape index (κ2) is 14.9. The van der Waals surface area contributed by atoms with Gasteiger partial charge in [0.2, 0.25) is 0 Å². The van der Waals surface area contributed by atoms with Crippen LogP contribution in [0.15, 0.2) is 46.0 Å². The van der Waals surface area contributed by atoms with Crippen molar-refractivity contribution in [2.45, 2.75) is 24.3 Å². The van der Waals surface area contributed by atoms with Crippen molar-refractivity contribution in [2.24, 2.45) is 4.99 Å². The Hall–Kier alpha value is -4.00. The molecule has 2 aliphatic rings. The highest BCUT2D eigenvalue weighted by Crippen LogP contribution is 2.35. The molecule has 0 spiro atoms. The number of aliphatic hydroxyl groups excluding tert-OH is 2. The lowest BCUT2D eigenvalue weighted by Gasteiger charge is -2.35. The predicted molar refractivity (Wildman–Crippen MR) is 146 cm³/mol. The van der Waals surface area contributed by atoms with Gasteiger partial charge in [-0.25, -0.2) is 28.8 Å². The number of amidine groups is 1. The van der Waals surface area contributed by atoms with Crippen molar-refractivity contribution in [2.75, 3.05) is 33.4 Å². The van der Waals surface area contributed by atoms with Gasteiger partial charge >= 0.3 is 23.9 Å². The molecule has 0 aliphatic carbocycles. The van der Waals surface area contributed by atoms with Crippen molar-refractivity contribution < 1.29 is 58.6 Å². The molecule has 3 heterocycles. The number of carbonyl (C=O) groups excluding carboxylic acids is 1. The number of esters is 1. The lowest BCUT2D eigenvalue weighted by Crippen LogP contribution is -2.51. The average molecular weight is 645 g/mol. The maximum absolute atomic E-state index is 13.7. The number of thiazole rings is 1.